The third kappa shape index (κ3) is 2.02. The van der Waals surface area contributed by atoms with E-state index in [1.165, 1.54) is 0 Å². The highest BCUT2D eigenvalue weighted by Gasteiger charge is 2.33. The van der Waals surface area contributed by atoms with Crippen LogP contribution in [0.2, 0.25) is 0 Å². The Morgan fingerprint density at radius 3 is 2.77 bits per heavy atom. The molecule has 0 aromatic rings. The van der Waals surface area contributed by atoms with E-state index in [0.29, 0.717) is 12.0 Å². The molecule has 2 aliphatic rings. The van der Waals surface area contributed by atoms with E-state index in [1.54, 1.807) is 0 Å². The minimum atomic E-state index is 0.282. The molecule has 0 bridgehead atoms. The van der Waals surface area contributed by atoms with Gasteiger partial charge in [0.25, 0.3) is 0 Å². The summed E-state index contributed by atoms with van der Waals surface area (Å²) >= 11 is 0. The SMILES string of the molecule is NNC(C1CCOC1)C1CCCO1. The summed E-state index contributed by atoms with van der Waals surface area (Å²) in [6.07, 6.45) is 3.70. The van der Waals surface area contributed by atoms with Crippen LogP contribution in [0.15, 0.2) is 0 Å². The first-order chi connectivity index (χ1) is 6.42. The summed E-state index contributed by atoms with van der Waals surface area (Å²) < 4.78 is 11.0. The molecule has 2 aliphatic heterocycles. The van der Waals surface area contributed by atoms with Gasteiger partial charge in [-0.15, -0.1) is 0 Å². The van der Waals surface area contributed by atoms with E-state index in [2.05, 4.69) is 5.43 Å². The quantitative estimate of drug-likeness (QED) is 0.482. The zero-order valence-corrected chi connectivity index (χ0v) is 7.87. The molecule has 3 unspecified atom stereocenters. The molecule has 2 saturated heterocycles. The smallest absolute Gasteiger partial charge is 0.0745 e. The Bertz CT molecular complexity index is 138. The Labute approximate surface area is 78.7 Å². The van der Waals surface area contributed by atoms with Crippen LogP contribution in [0.1, 0.15) is 19.3 Å². The van der Waals surface area contributed by atoms with Crippen LogP contribution >= 0.6 is 0 Å². The summed E-state index contributed by atoms with van der Waals surface area (Å²) in [5.41, 5.74) is 2.88. The van der Waals surface area contributed by atoms with E-state index in [1.807, 2.05) is 0 Å². The minimum absolute atomic E-state index is 0.282. The van der Waals surface area contributed by atoms with Crippen molar-refractivity contribution in [1.29, 1.82) is 0 Å². The number of nitrogens with two attached hydrogens (primary N) is 1. The molecular weight excluding hydrogens is 168 g/mol. The van der Waals surface area contributed by atoms with E-state index in [4.69, 9.17) is 15.3 Å². The van der Waals surface area contributed by atoms with E-state index in [-0.39, 0.29) is 6.04 Å². The summed E-state index contributed by atoms with van der Waals surface area (Å²) in [4.78, 5) is 0. The van der Waals surface area contributed by atoms with Crippen LogP contribution in [0, 0.1) is 5.92 Å². The van der Waals surface area contributed by atoms with Crippen molar-refractivity contribution in [2.45, 2.75) is 31.4 Å². The molecule has 2 rings (SSSR count). The topological polar surface area (TPSA) is 56.5 Å². The van der Waals surface area contributed by atoms with Crippen molar-refractivity contribution in [2.24, 2.45) is 11.8 Å². The lowest BCUT2D eigenvalue weighted by Gasteiger charge is -2.26. The molecule has 2 heterocycles. The third-order valence-electron chi connectivity index (χ3n) is 3.03. The van der Waals surface area contributed by atoms with Crippen LogP contribution in [0.5, 0.6) is 0 Å². The highest BCUT2D eigenvalue weighted by molar-refractivity contribution is 4.86. The number of ether oxygens (including phenoxy) is 2. The molecule has 3 atom stereocenters. The fourth-order valence-corrected chi connectivity index (χ4v) is 2.27. The maximum atomic E-state index is 5.62. The third-order valence-corrected chi connectivity index (χ3v) is 3.03. The zero-order valence-electron chi connectivity index (χ0n) is 7.87. The fourth-order valence-electron chi connectivity index (χ4n) is 2.27. The monoisotopic (exact) mass is 186 g/mol. The van der Waals surface area contributed by atoms with Gasteiger partial charge >= 0.3 is 0 Å². The van der Waals surface area contributed by atoms with Crippen molar-refractivity contribution >= 4 is 0 Å². The molecule has 3 N–H and O–H groups in total. The van der Waals surface area contributed by atoms with Crippen molar-refractivity contribution < 1.29 is 9.47 Å². The molecule has 0 aromatic heterocycles. The van der Waals surface area contributed by atoms with Gasteiger partial charge in [-0.05, 0) is 19.3 Å². The van der Waals surface area contributed by atoms with Gasteiger partial charge in [0.15, 0.2) is 0 Å². The van der Waals surface area contributed by atoms with E-state index in [9.17, 15) is 0 Å². The lowest BCUT2D eigenvalue weighted by atomic mass is 9.93. The molecular formula is C9H18N2O2. The summed E-state index contributed by atoms with van der Waals surface area (Å²) in [6, 6.07) is 0.282. The Kier molecular flexibility index (Phi) is 3.16. The van der Waals surface area contributed by atoms with Crippen molar-refractivity contribution in [1.82, 2.24) is 5.43 Å². The molecule has 4 nitrogen and oxygen atoms in total. The van der Waals surface area contributed by atoms with Gasteiger partial charge in [0, 0.05) is 19.1 Å². The van der Waals surface area contributed by atoms with Gasteiger partial charge in [0.05, 0.1) is 18.8 Å². The van der Waals surface area contributed by atoms with Gasteiger partial charge in [-0.2, -0.15) is 0 Å². The predicted molar refractivity (Wildman–Crippen MR) is 49.0 cm³/mol. The molecule has 0 aliphatic carbocycles. The summed E-state index contributed by atoms with van der Waals surface area (Å²) in [6.45, 7) is 2.58. The Balaban J connectivity index is 1.90. The Morgan fingerprint density at radius 2 is 2.23 bits per heavy atom. The molecule has 4 heteroatoms. The number of hydrazine groups is 1. The number of hydrogen-bond acceptors (Lipinski definition) is 4. The molecule has 2 fully saturated rings. The number of rotatable bonds is 3. The largest absolute Gasteiger partial charge is 0.381 e. The van der Waals surface area contributed by atoms with Crippen molar-refractivity contribution in [3.63, 3.8) is 0 Å². The van der Waals surface area contributed by atoms with Crippen molar-refractivity contribution in [2.75, 3.05) is 19.8 Å². The molecule has 0 radical (unpaired) electrons. The zero-order chi connectivity index (χ0) is 9.10. The first kappa shape index (κ1) is 9.40. The average molecular weight is 186 g/mol. The van der Waals surface area contributed by atoms with E-state index >= 15 is 0 Å². The molecule has 0 spiro atoms. The van der Waals surface area contributed by atoms with Crippen LogP contribution in [0.4, 0.5) is 0 Å². The molecule has 0 saturated carbocycles. The molecule has 0 aromatic carbocycles. The first-order valence-corrected chi connectivity index (χ1v) is 5.07. The molecule has 13 heavy (non-hydrogen) atoms. The Hall–Kier alpha value is -0.160. The van der Waals surface area contributed by atoms with Crippen LogP contribution in [-0.4, -0.2) is 32.0 Å². The average Bonchev–Trinajstić information content (AvgIpc) is 2.76. The first-order valence-electron chi connectivity index (χ1n) is 5.07. The second kappa shape index (κ2) is 4.37. The van der Waals surface area contributed by atoms with Gasteiger partial charge in [0.2, 0.25) is 0 Å². The van der Waals surface area contributed by atoms with Gasteiger partial charge in [0.1, 0.15) is 0 Å². The molecule has 0 amide bonds. The van der Waals surface area contributed by atoms with Gasteiger partial charge in [-0.3, -0.25) is 11.3 Å². The predicted octanol–water partition coefficient (Wildman–Crippen LogP) is 0.0338. The highest BCUT2D eigenvalue weighted by Crippen LogP contribution is 2.25. The maximum Gasteiger partial charge on any atom is 0.0745 e. The second-order valence-electron chi connectivity index (χ2n) is 3.87. The van der Waals surface area contributed by atoms with Crippen molar-refractivity contribution in [3.05, 3.63) is 0 Å². The Morgan fingerprint density at radius 1 is 1.31 bits per heavy atom. The van der Waals surface area contributed by atoms with Gasteiger partial charge in [-0.1, -0.05) is 0 Å². The van der Waals surface area contributed by atoms with E-state index in [0.717, 1.165) is 39.1 Å². The fraction of sp³-hybridized carbons (Fsp3) is 1.00. The van der Waals surface area contributed by atoms with Crippen LogP contribution < -0.4 is 11.3 Å². The minimum Gasteiger partial charge on any atom is -0.381 e. The number of nitrogens with one attached hydrogen (secondary N) is 1. The summed E-state index contributed by atoms with van der Waals surface area (Å²) in [5.74, 6) is 6.08. The van der Waals surface area contributed by atoms with Crippen LogP contribution in [-0.2, 0) is 9.47 Å². The van der Waals surface area contributed by atoms with Crippen LogP contribution in [0.25, 0.3) is 0 Å². The van der Waals surface area contributed by atoms with E-state index < -0.39 is 0 Å². The highest BCUT2D eigenvalue weighted by atomic mass is 16.5. The lowest BCUT2D eigenvalue weighted by molar-refractivity contribution is 0.0538. The normalized spacial score (nSPS) is 36.7. The maximum absolute atomic E-state index is 5.62. The summed E-state index contributed by atoms with van der Waals surface area (Å²) in [5, 5.41) is 0. The van der Waals surface area contributed by atoms with Gasteiger partial charge in [-0.25, -0.2) is 0 Å². The standard InChI is InChI=1S/C9H18N2O2/c10-11-9(7-3-5-12-6-7)8-2-1-4-13-8/h7-9,11H,1-6,10H2. The van der Waals surface area contributed by atoms with Gasteiger partial charge < -0.3 is 9.47 Å². The second-order valence-corrected chi connectivity index (χ2v) is 3.87. The number of hydrogen-bond donors (Lipinski definition) is 2. The lowest BCUT2D eigenvalue weighted by Crippen LogP contribution is -2.49. The van der Waals surface area contributed by atoms with Crippen molar-refractivity contribution in [3.8, 4) is 0 Å². The molecule has 76 valence electrons. The summed E-state index contributed by atoms with van der Waals surface area (Å²) in [7, 11) is 0. The van der Waals surface area contributed by atoms with Crippen LogP contribution in [0.3, 0.4) is 0 Å².